The molecule has 1 saturated carbocycles. The first-order valence-electron chi connectivity index (χ1n) is 7.47. The molecule has 0 aliphatic heterocycles. The number of rotatable bonds is 6. The van der Waals surface area contributed by atoms with Crippen molar-refractivity contribution in [3.05, 3.63) is 29.3 Å². The average molecular weight is 292 g/mol. The van der Waals surface area contributed by atoms with Crippen molar-refractivity contribution in [1.82, 2.24) is 0 Å². The van der Waals surface area contributed by atoms with Crippen LogP contribution in [0.4, 0.5) is 0 Å². The van der Waals surface area contributed by atoms with Crippen LogP contribution in [0, 0.1) is 5.92 Å². The molecule has 0 saturated heterocycles. The largest absolute Gasteiger partial charge is 0.496 e. The SMILES string of the molecule is COc1ccc(/C(N)=N/O)cc1COCC1CCCCC1. The van der Waals surface area contributed by atoms with Crippen molar-refractivity contribution in [2.45, 2.75) is 38.7 Å². The Morgan fingerprint density at radius 1 is 1.33 bits per heavy atom. The van der Waals surface area contributed by atoms with Gasteiger partial charge in [-0.25, -0.2) is 0 Å². The monoisotopic (exact) mass is 292 g/mol. The summed E-state index contributed by atoms with van der Waals surface area (Å²) in [4.78, 5) is 0. The van der Waals surface area contributed by atoms with Crippen molar-refractivity contribution >= 4 is 5.84 Å². The van der Waals surface area contributed by atoms with Gasteiger partial charge in [-0.3, -0.25) is 0 Å². The topological polar surface area (TPSA) is 77.1 Å². The maximum atomic E-state index is 8.75. The van der Waals surface area contributed by atoms with Crippen LogP contribution in [0.1, 0.15) is 43.2 Å². The minimum Gasteiger partial charge on any atom is -0.496 e. The molecular formula is C16H24N2O3. The highest BCUT2D eigenvalue weighted by molar-refractivity contribution is 5.97. The predicted molar refractivity (Wildman–Crippen MR) is 81.7 cm³/mol. The van der Waals surface area contributed by atoms with Crippen molar-refractivity contribution < 1.29 is 14.7 Å². The number of nitrogens with zero attached hydrogens (tertiary/aromatic N) is 1. The highest BCUT2D eigenvalue weighted by atomic mass is 16.5. The van der Waals surface area contributed by atoms with E-state index < -0.39 is 0 Å². The lowest BCUT2D eigenvalue weighted by molar-refractivity contribution is 0.0727. The first-order valence-corrected chi connectivity index (χ1v) is 7.47. The third-order valence-corrected chi connectivity index (χ3v) is 4.02. The first kappa shape index (κ1) is 15.6. The van der Waals surface area contributed by atoms with Crippen LogP contribution in [-0.2, 0) is 11.3 Å². The fourth-order valence-corrected chi connectivity index (χ4v) is 2.80. The summed E-state index contributed by atoms with van der Waals surface area (Å²) in [5, 5.41) is 11.8. The Balaban J connectivity index is 1.96. The molecule has 0 unspecified atom stereocenters. The quantitative estimate of drug-likeness (QED) is 0.366. The summed E-state index contributed by atoms with van der Waals surface area (Å²) >= 11 is 0. The summed E-state index contributed by atoms with van der Waals surface area (Å²) in [5.41, 5.74) is 7.19. The zero-order chi connectivity index (χ0) is 15.1. The molecule has 0 bridgehead atoms. The maximum absolute atomic E-state index is 8.75. The molecule has 0 spiro atoms. The predicted octanol–water partition coefficient (Wildman–Crippen LogP) is 2.89. The second-order valence-electron chi connectivity index (χ2n) is 5.53. The van der Waals surface area contributed by atoms with E-state index in [2.05, 4.69) is 5.16 Å². The standard InChI is InChI=1S/C16H24N2O3/c1-20-15-8-7-13(16(17)18-19)9-14(15)11-21-10-12-5-3-2-4-6-12/h7-9,12,19H,2-6,10-11H2,1H3,(H2,17,18). The molecule has 0 amide bonds. The van der Waals surface area contributed by atoms with Gasteiger partial charge in [-0.2, -0.15) is 0 Å². The van der Waals surface area contributed by atoms with Crippen LogP contribution in [0.25, 0.3) is 0 Å². The molecule has 0 radical (unpaired) electrons. The van der Waals surface area contributed by atoms with E-state index in [4.69, 9.17) is 20.4 Å². The lowest BCUT2D eigenvalue weighted by atomic mass is 9.90. The molecule has 1 fully saturated rings. The average Bonchev–Trinajstić information content (AvgIpc) is 2.55. The highest BCUT2D eigenvalue weighted by Gasteiger charge is 2.14. The lowest BCUT2D eigenvalue weighted by Gasteiger charge is -2.21. The molecule has 116 valence electrons. The van der Waals surface area contributed by atoms with Crippen LogP contribution in [0.2, 0.25) is 0 Å². The van der Waals surface area contributed by atoms with Crippen molar-refractivity contribution in [3.8, 4) is 5.75 Å². The molecule has 1 aliphatic rings. The van der Waals surface area contributed by atoms with Gasteiger partial charge in [0.05, 0.1) is 13.7 Å². The van der Waals surface area contributed by atoms with Crippen LogP contribution in [0.3, 0.4) is 0 Å². The van der Waals surface area contributed by atoms with Gasteiger partial charge in [-0.1, -0.05) is 24.4 Å². The molecule has 1 aromatic rings. The van der Waals surface area contributed by atoms with Crippen LogP contribution in [0.5, 0.6) is 5.75 Å². The van der Waals surface area contributed by atoms with Crippen LogP contribution < -0.4 is 10.5 Å². The van der Waals surface area contributed by atoms with Crippen LogP contribution in [-0.4, -0.2) is 24.8 Å². The molecule has 2 rings (SSSR count). The Bertz CT molecular complexity index is 482. The van der Waals surface area contributed by atoms with E-state index in [9.17, 15) is 0 Å². The molecule has 1 aromatic carbocycles. The van der Waals surface area contributed by atoms with E-state index in [1.807, 2.05) is 12.1 Å². The molecular weight excluding hydrogens is 268 g/mol. The maximum Gasteiger partial charge on any atom is 0.170 e. The molecule has 3 N–H and O–H groups in total. The second-order valence-corrected chi connectivity index (χ2v) is 5.53. The summed E-state index contributed by atoms with van der Waals surface area (Å²) in [5.74, 6) is 1.52. The molecule has 0 aromatic heterocycles. The second kappa shape index (κ2) is 7.88. The van der Waals surface area contributed by atoms with Crippen molar-refractivity contribution in [2.24, 2.45) is 16.8 Å². The smallest absolute Gasteiger partial charge is 0.170 e. The van der Waals surface area contributed by atoms with Crippen LogP contribution >= 0.6 is 0 Å². The van der Waals surface area contributed by atoms with Gasteiger partial charge in [0.2, 0.25) is 0 Å². The summed E-state index contributed by atoms with van der Waals surface area (Å²) in [7, 11) is 1.63. The fourth-order valence-electron chi connectivity index (χ4n) is 2.80. The van der Waals surface area contributed by atoms with E-state index in [1.165, 1.54) is 32.1 Å². The van der Waals surface area contributed by atoms with Crippen molar-refractivity contribution in [1.29, 1.82) is 0 Å². The number of hydrogen-bond acceptors (Lipinski definition) is 4. The Hall–Kier alpha value is -1.75. The van der Waals surface area contributed by atoms with Crippen molar-refractivity contribution in [2.75, 3.05) is 13.7 Å². The van der Waals surface area contributed by atoms with Gasteiger partial charge in [0, 0.05) is 17.7 Å². The van der Waals surface area contributed by atoms with E-state index in [-0.39, 0.29) is 5.84 Å². The number of benzene rings is 1. The summed E-state index contributed by atoms with van der Waals surface area (Å²) in [6.45, 7) is 1.27. The summed E-state index contributed by atoms with van der Waals surface area (Å²) in [6.07, 6.45) is 6.52. The zero-order valence-electron chi connectivity index (χ0n) is 12.5. The number of methoxy groups -OCH3 is 1. The highest BCUT2D eigenvalue weighted by Crippen LogP contribution is 2.25. The summed E-state index contributed by atoms with van der Waals surface area (Å²) in [6, 6.07) is 5.42. The molecule has 21 heavy (non-hydrogen) atoms. The van der Waals surface area contributed by atoms with Gasteiger partial charge in [-0.15, -0.1) is 0 Å². The van der Waals surface area contributed by atoms with E-state index in [1.54, 1.807) is 13.2 Å². The molecule has 5 heteroatoms. The summed E-state index contributed by atoms with van der Waals surface area (Å²) < 4.78 is 11.2. The number of amidine groups is 1. The van der Waals surface area contributed by atoms with Gasteiger partial charge < -0.3 is 20.4 Å². The zero-order valence-corrected chi connectivity index (χ0v) is 12.5. The van der Waals surface area contributed by atoms with Gasteiger partial charge >= 0.3 is 0 Å². The Morgan fingerprint density at radius 2 is 2.10 bits per heavy atom. The number of oxime groups is 1. The third kappa shape index (κ3) is 4.36. The van der Waals surface area contributed by atoms with Gasteiger partial charge in [-0.05, 0) is 37.0 Å². The van der Waals surface area contributed by atoms with E-state index >= 15 is 0 Å². The molecule has 0 heterocycles. The van der Waals surface area contributed by atoms with E-state index in [0.29, 0.717) is 18.1 Å². The lowest BCUT2D eigenvalue weighted by Crippen LogP contribution is -2.15. The Kier molecular flexibility index (Phi) is 5.87. The Morgan fingerprint density at radius 3 is 2.76 bits per heavy atom. The van der Waals surface area contributed by atoms with Gasteiger partial charge in [0.1, 0.15) is 5.75 Å². The minimum absolute atomic E-state index is 0.0891. The number of hydrogen-bond donors (Lipinski definition) is 2. The minimum atomic E-state index is 0.0891. The third-order valence-electron chi connectivity index (χ3n) is 4.02. The molecule has 1 aliphatic carbocycles. The van der Waals surface area contributed by atoms with E-state index in [0.717, 1.165) is 17.9 Å². The fraction of sp³-hybridized carbons (Fsp3) is 0.562. The number of ether oxygens (including phenoxy) is 2. The first-order chi connectivity index (χ1) is 10.2. The molecule has 0 atom stereocenters. The van der Waals surface area contributed by atoms with Crippen LogP contribution in [0.15, 0.2) is 23.4 Å². The number of nitrogens with two attached hydrogens (primary N) is 1. The molecule has 5 nitrogen and oxygen atoms in total. The van der Waals surface area contributed by atoms with Crippen molar-refractivity contribution in [3.63, 3.8) is 0 Å². The van der Waals surface area contributed by atoms with Gasteiger partial charge in [0.25, 0.3) is 0 Å². The van der Waals surface area contributed by atoms with Gasteiger partial charge in [0.15, 0.2) is 5.84 Å². The normalized spacial score (nSPS) is 16.9. The Labute approximate surface area is 125 Å².